The molecule has 0 bridgehead atoms. The number of carboxylic acid groups (broad SMARTS) is 1. The van der Waals surface area contributed by atoms with Crippen LogP contribution >= 0.6 is 0 Å². The maximum absolute atomic E-state index is 10.9. The maximum atomic E-state index is 10.9. The Bertz CT molecular complexity index is 715. The zero-order chi connectivity index (χ0) is 17.6. The molecule has 7 nitrogen and oxygen atoms in total. The number of ether oxygens (including phenoxy) is 1. The van der Waals surface area contributed by atoms with Gasteiger partial charge in [-0.15, -0.1) is 0 Å². The smallest absolute Gasteiger partial charge is 0.356 e. The zero-order valence-corrected chi connectivity index (χ0v) is 14.2. The number of anilines is 1. The lowest BCUT2D eigenvalue weighted by Crippen LogP contribution is -2.31. The van der Waals surface area contributed by atoms with E-state index < -0.39 is 5.97 Å². The number of carboxylic acids is 1. The van der Waals surface area contributed by atoms with Crippen LogP contribution in [-0.4, -0.2) is 52.7 Å². The fraction of sp³-hybridized carbons (Fsp3) is 0.389. The molecule has 1 aromatic heterocycles. The molecule has 25 heavy (non-hydrogen) atoms. The largest absolute Gasteiger partial charge is 0.496 e. The van der Waals surface area contributed by atoms with Crippen LogP contribution in [0, 0.1) is 0 Å². The molecule has 1 atom stereocenters. The molecule has 1 aliphatic heterocycles. The Kier molecular flexibility index (Phi) is 5.45. The highest BCUT2D eigenvalue weighted by molar-refractivity contribution is 5.84. The number of para-hydroxylation sites is 1. The fourth-order valence-corrected chi connectivity index (χ4v) is 3.16. The van der Waals surface area contributed by atoms with Crippen molar-refractivity contribution in [1.82, 2.24) is 14.9 Å². The summed E-state index contributed by atoms with van der Waals surface area (Å²) < 4.78 is 5.53. The third-order valence-corrected chi connectivity index (χ3v) is 4.43. The van der Waals surface area contributed by atoms with Crippen LogP contribution in [0.5, 0.6) is 5.75 Å². The zero-order valence-electron chi connectivity index (χ0n) is 14.2. The van der Waals surface area contributed by atoms with Gasteiger partial charge in [0.2, 0.25) is 0 Å². The van der Waals surface area contributed by atoms with Crippen LogP contribution in [0.2, 0.25) is 0 Å². The number of nitrogens with one attached hydrogen (secondary N) is 1. The minimum atomic E-state index is -1.08. The molecule has 0 spiro atoms. The van der Waals surface area contributed by atoms with E-state index in [1.54, 1.807) is 7.11 Å². The van der Waals surface area contributed by atoms with Crippen LogP contribution in [0.25, 0.3) is 0 Å². The van der Waals surface area contributed by atoms with Crippen LogP contribution in [-0.2, 0) is 0 Å². The van der Waals surface area contributed by atoms with E-state index in [9.17, 15) is 4.79 Å². The maximum Gasteiger partial charge on any atom is 0.356 e. The van der Waals surface area contributed by atoms with Crippen LogP contribution < -0.4 is 10.1 Å². The number of aromatic nitrogens is 2. The summed E-state index contributed by atoms with van der Waals surface area (Å²) in [5.74, 6) is 0.348. The molecule has 2 aromatic rings. The first-order valence-corrected chi connectivity index (χ1v) is 8.35. The Morgan fingerprint density at radius 1 is 1.28 bits per heavy atom. The summed E-state index contributed by atoms with van der Waals surface area (Å²) in [6, 6.07) is 8.19. The Hall–Kier alpha value is -2.67. The first-order chi connectivity index (χ1) is 12.2. The molecule has 7 heteroatoms. The van der Waals surface area contributed by atoms with Crippen LogP contribution in [0.1, 0.15) is 34.9 Å². The number of carbonyl (C=O) groups is 1. The van der Waals surface area contributed by atoms with E-state index in [2.05, 4.69) is 26.3 Å². The molecular weight excluding hydrogens is 320 g/mol. The summed E-state index contributed by atoms with van der Waals surface area (Å²) >= 11 is 0. The number of likely N-dealkylation sites (tertiary alicyclic amines) is 1. The number of hydrogen-bond acceptors (Lipinski definition) is 6. The highest BCUT2D eigenvalue weighted by Crippen LogP contribution is 2.31. The molecule has 0 amide bonds. The van der Waals surface area contributed by atoms with Gasteiger partial charge in [-0.25, -0.2) is 14.8 Å². The molecule has 0 aliphatic carbocycles. The van der Waals surface area contributed by atoms with E-state index in [0.717, 1.165) is 24.4 Å². The third kappa shape index (κ3) is 4.06. The lowest BCUT2D eigenvalue weighted by atomic mass is 10.0. The van der Waals surface area contributed by atoms with Gasteiger partial charge in [-0.1, -0.05) is 18.2 Å². The van der Waals surface area contributed by atoms with Crippen molar-refractivity contribution < 1.29 is 14.6 Å². The minimum Gasteiger partial charge on any atom is -0.496 e. The van der Waals surface area contributed by atoms with Crippen LogP contribution in [0.3, 0.4) is 0 Å². The van der Waals surface area contributed by atoms with Crippen molar-refractivity contribution in [2.45, 2.75) is 18.9 Å². The van der Waals surface area contributed by atoms with Gasteiger partial charge in [0.05, 0.1) is 25.5 Å². The molecule has 3 rings (SSSR count). The number of nitrogens with zero attached hydrogens (tertiary/aromatic N) is 3. The second kappa shape index (κ2) is 7.94. The number of benzene rings is 1. The topological polar surface area (TPSA) is 87.6 Å². The molecule has 2 N–H and O–H groups in total. The molecule has 1 saturated heterocycles. The molecule has 2 heterocycles. The molecule has 1 aromatic carbocycles. The van der Waals surface area contributed by atoms with Gasteiger partial charge in [0, 0.05) is 12.1 Å². The Morgan fingerprint density at radius 3 is 2.68 bits per heavy atom. The van der Waals surface area contributed by atoms with Gasteiger partial charge in [0.15, 0.2) is 5.69 Å². The second-order valence-corrected chi connectivity index (χ2v) is 5.97. The molecule has 132 valence electrons. The van der Waals surface area contributed by atoms with Crippen molar-refractivity contribution in [2.75, 3.05) is 32.1 Å². The summed E-state index contributed by atoms with van der Waals surface area (Å²) in [7, 11) is 1.68. The van der Waals surface area contributed by atoms with Crippen LogP contribution in [0.4, 0.5) is 5.82 Å². The van der Waals surface area contributed by atoms with Gasteiger partial charge in [0.1, 0.15) is 11.6 Å². The molecule has 1 aliphatic rings. The lowest BCUT2D eigenvalue weighted by molar-refractivity contribution is 0.0690. The Morgan fingerprint density at radius 2 is 2.04 bits per heavy atom. The first kappa shape index (κ1) is 17.2. The molecular formula is C18H22N4O3. The normalized spacial score (nSPS) is 15.7. The molecule has 1 unspecified atom stereocenters. The van der Waals surface area contributed by atoms with Crippen LogP contribution in [0.15, 0.2) is 36.7 Å². The van der Waals surface area contributed by atoms with Crippen molar-refractivity contribution in [1.29, 1.82) is 0 Å². The number of hydrogen-bond donors (Lipinski definition) is 2. The SMILES string of the molecule is COc1ccccc1C(CNc1cnc(C(=O)O)cn1)N1CCCC1. The summed E-state index contributed by atoms with van der Waals surface area (Å²) in [5, 5.41) is 12.2. The van der Waals surface area contributed by atoms with Gasteiger partial charge >= 0.3 is 5.97 Å². The third-order valence-electron chi connectivity index (χ3n) is 4.43. The predicted molar refractivity (Wildman–Crippen MR) is 94.0 cm³/mol. The van der Waals surface area contributed by atoms with Crippen molar-refractivity contribution in [3.05, 3.63) is 47.9 Å². The highest BCUT2D eigenvalue weighted by Gasteiger charge is 2.25. The van der Waals surface area contributed by atoms with E-state index in [1.807, 2.05) is 18.2 Å². The van der Waals surface area contributed by atoms with Crippen molar-refractivity contribution in [3.8, 4) is 5.75 Å². The van der Waals surface area contributed by atoms with Crippen molar-refractivity contribution >= 4 is 11.8 Å². The number of aromatic carboxylic acids is 1. The summed E-state index contributed by atoms with van der Waals surface area (Å²) in [6.07, 6.45) is 5.10. The average molecular weight is 342 g/mol. The Balaban J connectivity index is 1.77. The molecule has 0 radical (unpaired) electrons. The second-order valence-electron chi connectivity index (χ2n) is 5.97. The van der Waals surface area contributed by atoms with E-state index in [1.165, 1.54) is 25.2 Å². The average Bonchev–Trinajstić information content (AvgIpc) is 3.17. The van der Waals surface area contributed by atoms with Gasteiger partial charge < -0.3 is 15.2 Å². The van der Waals surface area contributed by atoms with Gasteiger partial charge in [0.25, 0.3) is 0 Å². The molecule has 1 fully saturated rings. The lowest BCUT2D eigenvalue weighted by Gasteiger charge is -2.29. The molecule has 0 saturated carbocycles. The van der Waals surface area contributed by atoms with Crippen molar-refractivity contribution in [2.24, 2.45) is 0 Å². The standard InChI is InChI=1S/C18H22N4O3/c1-25-16-7-3-2-6-13(16)15(22-8-4-5-9-22)11-21-17-12-19-14(10-20-17)18(23)24/h2-3,6-7,10,12,15H,4-5,8-9,11H2,1H3,(H,20,21)(H,23,24). The highest BCUT2D eigenvalue weighted by atomic mass is 16.5. The van der Waals surface area contributed by atoms with Gasteiger partial charge in [-0.2, -0.15) is 0 Å². The van der Waals surface area contributed by atoms with E-state index in [-0.39, 0.29) is 11.7 Å². The number of rotatable bonds is 7. The number of methoxy groups -OCH3 is 1. The van der Waals surface area contributed by atoms with Gasteiger partial charge in [-0.05, 0) is 32.0 Å². The summed E-state index contributed by atoms with van der Waals surface area (Å²) in [5.41, 5.74) is 1.07. The minimum absolute atomic E-state index is 0.0635. The summed E-state index contributed by atoms with van der Waals surface area (Å²) in [4.78, 5) is 21.3. The Labute approximate surface area is 146 Å². The van der Waals surface area contributed by atoms with E-state index in [0.29, 0.717) is 12.4 Å². The van der Waals surface area contributed by atoms with E-state index in [4.69, 9.17) is 9.84 Å². The first-order valence-electron chi connectivity index (χ1n) is 8.35. The summed E-state index contributed by atoms with van der Waals surface area (Å²) in [6.45, 7) is 2.74. The van der Waals surface area contributed by atoms with E-state index >= 15 is 0 Å². The van der Waals surface area contributed by atoms with Gasteiger partial charge in [-0.3, -0.25) is 4.90 Å². The quantitative estimate of drug-likeness (QED) is 0.799. The monoisotopic (exact) mass is 342 g/mol. The predicted octanol–water partition coefficient (Wildman–Crippen LogP) is 2.43. The fourth-order valence-electron chi connectivity index (χ4n) is 3.16. The van der Waals surface area contributed by atoms with Crippen molar-refractivity contribution in [3.63, 3.8) is 0 Å².